The topological polar surface area (TPSA) is 149 Å². The molecule has 2 aromatic rings. The van der Waals surface area contributed by atoms with Crippen LogP contribution >= 0.6 is 0 Å². The van der Waals surface area contributed by atoms with Crippen molar-refractivity contribution in [3.8, 4) is 6.07 Å². The molecule has 12 heteroatoms. The maximum Gasteiger partial charge on any atom is 0.306 e. The molecule has 0 radical (unpaired) electrons. The number of nitrogens with one attached hydrogen (secondary N) is 1. The van der Waals surface area contributed by atoms with Gasteiger partial charge in [-0.25, -0.2) is 4.31 Å². The summed E-state index contributed by atoms with van der Waals surface area (Å²) in [7, 11) is -4.11. The summed E-state index contributed by atoms with van der Waals surface area (Å²) in [5.74, 6) is -1.44. The van der Waals surface area contributed by atoms with E-state index >= 15 is 0 Å². The predicted octanol–water partition coefficient (Wildman–Crippen LogP) is 1.68. The third kappa shape index (κ3) is 4.86. The first-order chi connectivity index (χ1) is 16.9. The number of anilines is 1. The number of aliphatic hydroxyl groups excluding tert-OH is 1. The lowest BCUT2D eigenvalue weighted by atomic mass is 9.96. The maximum absolute atomic E-state index is 13.2. The second-order valence-electron chi connectivity index (χ2n) is 10.2. The van der Waals surface area contributed by atoms with E-state index in [9.17, 15) is 28.4 Å². The Kier molecular flexibility index (Phi) is 6.92. The van der Waals surface area contributed by atoms with Gasteiger partial charge in [-0.1, -0.05) is 51.1 Å². The number of β-amino-alcohol motifs (C(OH)–C–C–N with tert-alkyl or cyclic N) is 1. The quantitative estimate of drug-likeness (QED) is 0.591. The lowest BCUT2D eigenvalue weighted by Gasteiger charge is -2.23. The molecule has 0 aliphatic carbocycles. The minimum Gasteiger partial charge on any atom is -0.392 e. The lowest BCUT2D eigenvalue weighted by Crippen LogP contribution is -2.43. The Labute approximate surface area is 210 Å². The van der Waals surface area contributed by atoms with Crippen LogP contribution in [0.2, 0.25) is 0 Å². The summed E-state index contributed by atoms with van der Waals surface area (Å²) in [5.41, 5.74) is 0.437. The molecule has 2 atom stereocenters. The minimum atomic E-state index is -4.11. The van der Waals surface area contributed by atoms with Crippen LogP contribution in [0.1, 0.15) is 61.1 Å². The van der Waals surface area contributed by atoms with Crippen molar-refractivity contribution in [1.29, 1.82) is 5.26 Å². The highest BCUT2D eigenvalue weighted by molar-refractivity contribution is 7.87. The Morgan fingerprint density at radius 3 is 2.53 bits per heavy atom. The highest BCUT2D eigenvalue weighted by Crippen LogP contribution is 2.36. The van der Waals surface area contributed by atoms with Gasteiger partial charge in [-0.2, -0.15) is 27.8 Å². The molecule has 192 valence electrons. The first kappa shape index (κ1) is 25.8. The predicted molar refractivity (Wildman–Crippen MR) is 131 cm³/mol. The Balaban J connectivity index is 1.68. The molecule has 2 N–H and O–H groups in total. The summed E-state index contributed by atoms with van der Waals surface area (Å²) >= 11 is 0. The molecule has 2 saturated heterocycles. The van der Waals surface area contributed by atoms with Gasteiger partial charge in [0, 0.05) is 43.9 Å². The zero-order valence-electron chi connectivity index (χ0n) is 20.5. The molecule has 11 nitrogen and oxygen atoms in total. The van der Waals surface area contributed by atoms with Crippen molar-refractivity contribution in [2.45, 2.75) is 52.2 Å². The number of aliphatic hydroxyl groups is 1. The number of nitrogens with zero attached hydrogens (tertiary/aromatic N) is 5. The number of rotatable bonds is 6. The molecular formula is C24H30N6O5S. The zero-order valence-corrected chi connectivity index (χ0v) is 21.3. The van der Waals surface area contributed by atoms with Gasteiger partial charge in [-0.15, -0.1) is 0 Å². The molecule has 2 unspecified atom stereocenters. The number of aromatic nitrogens is 2. The smallest absolute Gasteiger partial charge is 0.306 e. The average molecular weight is 515 g/mol. The van der Waals surface area contributed by atoms with Gasteiger partial charge in [0.1, 0.15) is 11.6 Å². The summed E-state index contributed by atoms with van der Waals surface area (Å²) < 4.78 is 29.2. The number of hydrogen-bond acceptors (Lipinski definition) is 8. The maximum atomic E-state index is 13.2. The summed E-state index contributed by atoms with van der Waals surface area (Å²) in [4.78, 5) is 26.0. The molecule has 1 aromatic heterocycles. The van der Waals surface area contributed by atoms with Gasteiger partial charge in [-0.3, -0.25) is 9.59 Å². The van der Waals surface area contributed by atoms with Crippen molar-refractivity contribution < 1.29 is 23.1 Å². The van der Waals surface area contributed by atoms with Crippen molar-refractivity contribution in [2.75, 3.05) is 25.0 Å². The molecule has 2 aliphatic rings. The highest BCUT2D eigenvalue weighted by atomic mass is 32.2. The molecule has 1 aromatic carbocycles. The fourth-order valence-corrected chi connectivity index (χ4v) is 6.06. The second kappa shape index (κ2) is 9.65. The van der Waals surface area contributed by atoms with E-state index in [1.807, 2.05) is 30.3 Å². The van der Waals surface area contributed by atoms with Gasteiger partial charge in [0.2, 0.25) is 5.91 Å². The van der Waals surface area contributed by atoms with Gasteiger partial charge in [0.05, 0.1) is 11.8 Å². The number of nitriles is 1. The van der Waals surface area contributed by atoms with E-state index in [0.717, 1.165) is 18.9 Å². The van der Waals surface area contributed by atoms with Gasteiger partial charge >= 0.3 is 10.2 Å². The summed E-state index contributed by atoms with van der Waals surface area (Å²) in [5, 5.41) is 27.4. The van der Waals surface area contributed by atoms with Crippen LogP contribution in [0.25, 0.3) is 0 Å². The normalized spacial score (nSPS) is 21.1. The van der Waals surface area contributed by atoms with Crippen LogP contribution in [-0.2, 0) is 21.5 Å². The van der Waals surface area contributed by atoms with Crippen LogP contribution in [0.5, 0.6) is 0 Å². The average Bonchev–Trinajstić information content (AvgIpc) is 3.53. The Morgan fingerprint density at radius 1 is 1.25 bits per heavy atom. The molecule has 4 rings (SSSR count). The first-order valence-electron chi connectivity index (χ1n) is 11.8. The van der Waals surface area contributed by atoms with Crippen molar-refractivity contribution in [3.63, 3.8) is 0 Å². The van der Waals surface area contributed by atoms with E-state index in [4.69, 9.17) is 0 Å². The zero-order chi connectivity index (χ0) is 26.3. The molecule has 1 amide bonds. The van der Waals surface area contributed by atoms with Crippen molar-refractivity contribution in [3.05, 3.63) is 47.2 Å². The second-order valence-corrected chi connectivity index (χ2v) is 12.0. The number of amides is 1. The van der Waals surface area contributed by atoms with E-state index in [1.54, 1.807) is 20.8 Å². The van der Waals surface area contributed by atoms with Crippen LogP contribution < -0.4 is 5.32 Å². The molecule has 0 saturated carbocycles. The molecule has 36 heavy (non-hydrogen) atoms. The fraction of sp³-hybridized carbons (Fsp3) is 0.500. The largest absolute Gasteiger partial charge is 0.392 e. The Hall–Kier alpha value is -3.27. The Morgan fingerprint density at radius 2 is 1.94 bits per heavy atom. The van der Waals surface area contributed by atoms with Crippen LogP contribution in [0.15, 0.2) is 30.3 Å². The van der Waals surface area contributed by atoms with Crippen LogP contribution in [0.3, 0.4) is 0 Å². The van der Waals surface area contributed by atoms with Crippen LogP contribution in [0, 0.1) is 16.7 Å². The molecule has 2 fully saturated rings. The SMILES string of the molecule is CC(C)(C)C(=O)n1nc(C2CC(=O)N(S(=O)(=O)N3CCC(O)C3)C2)c(C#N)c1NCc1ccccc1. The molecule has 2 aliphatic heterocycles. The van der Waals surface area contributed by atoms with Crippen LogP contribution in [-0.4, -0.2) is 69.5 Å². The van der Waals surface area contributed by atoms with E-state index < -0.39 is 33.6 Å². The molecule has 3 heterocycles. The minimum absolute atomic E-state index is 0.0670. The van der Waals surface area contributed by atoms with Crippen LogP contribution in [0.4, 0.5) is 5.82 Å². The monoisotopic (exact) mass is 514 g/mol. The Bertz CT molecular complexity index is 1310. The van der Waals surface area contributed by atoms with Crippen molar-refractivity contribution in [1.82, 2.24) is 18.4 Å². The third-order valence-electron chi connectivity index (χ3n) is 6.36. The molecule has 0 bridgehead atoms. The summed E-state index contributed by atoms with van der Waals surface area (Å²) in [6.07, 6.45) is -0.627. The summed E-state index contributed by atoms with van der Waals surface area (Å²) in [6, 6.07) is 11.6. The van der Waals surface area contributed by atoms with E-state index in [1.165, 1.54) is 0 Å². The first-order valence-corrected chi connectivity index (χ1v) is 13.2. The van der Waals surface area contributed by atoms with E-state index in [0.29, 0.717) is 13.0 Å². The number of hydrogen-bond donors (Lipinski definition) is 2. The molecular weight excluding hydrogens is 484 g/mol. The summed E-state index contributed by atoms with van der Waals surface area (Å²) in [6.45, 7) is 5.41. The third-order valence-corrected chi connectivity index (χ3v) is 8.26. The number of benzene rings is 1. The molecule has 0 spiro atoms. The van der Waals surface area contributed by atoms with Crippen molar-refractivity contribution >= 4 is 27.8 Å². The van der Waals surface area contributed by atoms with E-state index in [2.05, 4.69) is 16.5 Å². The van der Waals surface area contributed by atoms with Gasteiger partial charge in [0.15, 0.2) is 5.82 Å². The lowest BCUT2D eigenvalue weighted by molar-refractivity contribution is -0.123. The van der Waals surface area contributed by atoms with Crippen molar-refractivity contribution in [2.24, 2.45) is 5.41 Å². The van der Waals surface area contributed by atoms with Gasteiger partial charge in [0.25, 0.3) is 5.91 Å². The number of carbonyl (C=O) groups excluding carboxylic acids is 2. The number of carbonyl (C=O) groups is 2. The standard InChI is InChI=1S/C24H30N6O5S/c1-24(2,3)23(33)30-22(26-13-16-7-5-4-6-8-16)19(12-25)21(27-30)17-11-20(32)29(14-17)36(34,35)28-10-9-18(31)15-28/h4-8,17-18,26,31H,9-11,13-15H2,1-3H3. The highest BCUT2D eigenvalue weighted by Gasteiger charge is 2.45. The van der Waals surface area contributed by atoms with Gasteiger partial charge < -0.3 is 10.4 Å². The van der Waals surface area contributed by atoms with E-state index in [-0.39, 0.29) is 49.0 Å². The fourth-order valence-electron chi connectivity index (χ4n) is 4.39. The van der Waals surface area contributed by atoms with Gasteiger partial charge in [-0.05, 0) is 12.0 Å².